The topological polar surface area (TPSA) is 21.1 Å². The molecule has 84 valence electrons. The number of hydrogen-bond donors (Lipinski definition) is 0. The molecule has 0 aromatic carbocycles. The van der Waals surface area contributed by atoms with E-state index in [1.165, 1.54) is 23.8 Å². The van der Waals surface area contributed by atoms with Gasteiger partial charge < -0.3 is 4.57 Å². The van der Waals surface area contributed by atoms with Crippen LogP contribution in [0.15, 0.2) is 0 Å². The van der Waals surface area contributed by atoms with Gasteiger partial charge in [0.25, 0.3) is 0 Å². The molecule has 0 fully saturated rings. The zero-order valence-electron chi connectivity index (χ0n) is 10.2. The van der Waals surface area contributed by atoms with E-state index in [0.29, 0.717) is 5.92 Å². The van der Waals surface area contributed by atoms with Crippen LogP contribution in [0.1, 0.15) is 43.9 Å². The standard InChI is InChI=1S/C12H21N3/c1-5-15-7-6-11-10(8-15)13-12(9(2)3)14(11)4/h9H,5-8H2,1-4H3. The molecule has 1 aliphatic rings. The SMILES string of the molecule is CCN1CCc2c(nc(C(C)C)n2C)C1. The van der Waals surface area contributed by atoms with Gasteiger partial charge in [-0.3, -0.25) is 4.90 Å². The fourth-order valence-electron chi connectivity index (χ4n) is 2.39. The molecule has 2 heterocycles. The fourth-order valence-corrected chi connectivity index (χ4v) is 2.39. The minimum atomic E-state index is 0.524. The molecule has 2 rings (SSSR count). The first-order chi connectivity index (χ1) is 7.13. The molecule has 0 saturated heterocycles. The zero-order chi connectivity index (χ0) is 11.0. The first-order valence-electron chi connectivity index (χ1n) is 5.90. The van der Waals surface area contributed by atoms with Crippen molar-refractivity contribution in [3.8, 4) is 0 Å². The molecule has 0 amide bonds. The first-order valence-corrected chi connectivity index (χ1v) is 5.90. The maximum absolute atomic E-state index is 4.77. The molecule has 0 N–H and O–H groups in total. The highest BCUT2D eigenvalue weighted by atomic mass is 15.2. The van der Waals surface area contributed by atoms with Gasteiger partial charge in [0.15, 0.2) is 0 Å². The van der Waals surface area contributed by atoms with Crippen LogP contribution in [0.2, 0.25) is 0 Å². The fraction of sp³-hybridized carbons (Fsp3) is 0.750. The lowest BCUT2D eigenvalue weighted by Gasteiger charge is -2.24. The predicted molar refractivity (Wildman–Crippen MR) is 62.0 cm³/mol. The summed E-state index contributed by atoms with van der Waals surface area (Å²) < 4.78 is 2.30. The van der Waals surface area contributed by atoms with Crippen LogP contribution in [-0.2, 0) is 20.0 Å². The summed E-state index contributed by atoms with van der Waals surface area (Å²) in [5, 5.41) is 0. The summed E-state index contributed by atoms with van der Waals surface area (Å²) in [6.45, 7) is 9.99. The number of imidazole rings is 1. The Morgan fingerprint density at radius 1 is 1.40 bits per heavy atom. The van der Waals surface area contributed by atoms with Gasteiger partial charge in [-0.05, 0) is 6.54 Å². The van der Waals surface area contributed by atoms with Crippen molar-refractivity contribution < 1.29 is 0 Å². The summed E-state index contributed by atoms with van der Waals surface area (Å²) in [5.74, 6) is 1.76. The molecule has 0 spiro atoms. The Kier molecular flexibility index (Phi) is 2.83. The van der Waals surface area contributed by atoms with Crippen molar-refractivity contribution in [3.63, 3.8) is 0 Å². The molecular formula is C12H21N3. The molecular weight excluding hydrogens is 186 g/mol. The third-order valence-corrected chi connectivity index (χ3v) is 3.33. The van der Waals surface area contributed by atoms with Crippen molar-refractivity contribution in [2.75, 3.05) is 13.1 Å². The van der Waals surface area contributed by atoms with E-state index in [4.69, 9.17) is 4.98 Å². The van der Waals surface area contributed by atoms with E-state index >= 15 is 0 Å². The maximum Gasteiger partial charge on any atom is 0.111 e. The second-order valence-corrected chi connectivity index (χ2v) is 4.70. The third kappa shape index (κ3) is 1.81. The highest BCUT2D eigenvalue weighted by Gasteiger charge is 2.22. The second-order valence-electron chi connectivity index (χ2n) is 4.70. The summed E-state index contributed by atoms with van der Waals surface area (Å²) in [7, 11) is 2.16. The first kappa shape index (κ1) is 10.7. The molecule has 0 aliphatic carbocycles. The van der Waals surface area contributed by atoms with Crippen LogP contribution in [-0.4, -0.2) is 27.5 Å². The van der Waals surface area contributed by atoms with Gasteiger partial charge in [-0.25, -0.2) is 4.98 Å². The van der Waals surface area contributed by atoms with Crippen LogP contribution >= 0.6 is 0 Å². The molecule has 3 nitrogen and oxygen atoms in total. The van der Waals surface area contributed by atoms with E-state index in [2.05, 4.69) is 37.3 Å². The van der Waals surface area contributed by atoms with E-state index in [1.54, 1.807) is 0 Å². The summed E-state index contributed by atoms with van der Waals surface area (Å²) in [4.78, 5) is 7.23. The van der Waals surface area contributed by atoms with Gasteiger partial charge in [0, 0.05) is 38.2 Å². The number of rotatable bonds is 2. The van der Waals surface area contributed by atoms with Crippen molar-refractivity contribution in [1.29, 1.82) is 0 Å². The van der Waals surface area contributed by atoms with Crippen LogP contribution < -0.4 is 0 Å². The van der Waals surface area contributed by atoms with Crippen LogP contribution in [0.3, 0.4) is 0 Å². The van der Waals surface area contributed by atoms with Gasteiger partial charge in [0.2, 0.25) is 0 Å². The maximum atomic E-state index is 4.77. The molecule has 3 heteroatoms. The lowest BCUT2D eigenvalue weighted by atomic mass is 10.1. The Hall–Kier alpha value is -0.830. The number of hydrogen-bond acceptors (Lipinski definition) is 2. The Bertz CT molecular complexity index is 352. The molecule has 15 heavy (non-hydrogen) atoms. The molecule has 0 atom stereocenters. The number of aromatic nitrogens is 2. The molecule has 0 bridgehead atoms. The highest BCUT2D eigenvalue weighted by Crippen LogP contribution is 2.22. The Balaban J connectivity index is 2.32. The number of nitrogens with zero attached hydrogens (tertiary/aromatic N) is 3. The van der Waals surface area contributed by atoms with E-state index in [-0.39, 0.29) is 0 Å². The van der Waals surface area contributed by atoms with Crippen molar-refractivity contribution in [2.24, 2.45) is 7.05 Å². The van der Waals surface area contributed by atoms with E-state index in [9.17, 15) is 0 Å². The average Bonchev–Trinajstić information content (AvgIpc) is 2.55. The van der Waals surface area contributed by atoms with Crippen molar-refractivity contribution in [1.82, 2.24) is 14.5 Å². The van der Waals surface area contributed by atoms with E-state index in [1.807, 2.05) is 0 Å². The summed E-state index contributed by atoms with van der Waals surface area (Å²) in [6.07, 6.45) is 1.15. The number of fused-ring (bicyclic) bond motifs is 1. The van der Waals surface area contributed by atoms with Gasteiger partial charge in [-0.15, -0.1) is 0 Å². The van der Waals surface area contributed by atoms with Crippen LogP contribution in [0, 0.1) is 0 Å². The zero-order valence-corrected chi connectivity index (χ0v) is 10.2. The quantitative estimate of drug-likeness (QED) is 0.739. The molecule has 1 aliphatic heterocycles. The van der Waals surface area contributed by atoms with Gasteiger partial charge >= 0.3 is 0 Å². The minimum absolute atomic E-state index is 0.524. The van der Waals surface area contributed by atoms with Crippen LogP contribution in [0.5, 0.6) is 0 Å². The average molecular weight is 207 g/mol. The third-order valence-electron chi connectivity index (χ3n) is 3.33. The molecule has 1 aromatic rings. The molecule has 0 saturated carbocycles. The Labute approximate surface area is 92.1 Å². The lowest BCUT2D eigenvalue weighted by Crippen LogP contribution is -2.30. The second kappa shape index (κ2) is 3.97. The highest BCUT2D eigenvalue weighted by molar-refractivity contribution is 5.21. The van der Waals surface area contributed by atoms with Crippen LogP contribution in [0.4, 0.5) is 0 Å². The van der Waals surface area contributed by atoms with Crippen molar-refractivity contribution in [3.05, 3.63) is 17.2 Å². The van der Waals surface area contributed by atoms with Crippen molar-refractivity contribution in [2.45, 2.75) is 39.7 Å². The lowest BCUT2D eigenvalue weighted by molar-refractivity contribution is 0.262. The monoisotopic (exact) mass is 207 g/mol. The van der Waals surface area contributed by atoms with Crippen LogP contribution in [0.25, 0.3) is 0 Å². The molecule has 0 radical (unpaired) electrons. The van der Waals surface area contributed by atoms with Gasteiger partial charge in [-0.2, -0.15) is 0 Å². The normalized spacial score (nSPS) is 17.1. The van der Waals surface area contributed by atoms with Gasteiger partial charge in [0.05, 0.1) is 5.69 Å². The number of likely N-dealkylation sites (N-methyl/N-ethyl adjacent to an activating group) is 1. The summed E-state index contributed by atoms with van der Waals surface area (Å²) in [6, 6.07) is 0. The summed E-state index contributed by atoms with van der Waals surface area (Å²) >= 11 is 0. The Morgan fingerprint density at radius 3 is 2.73 bits per heavy atom. The minimum Gasteiger partial charge on any atom is -0.335 e. The Morgan fingerprint density at radius 2 is 2.13 bits per heavy atom. The predicted octanol–water partition coefficient (Wildman–Crippen LogP) is 1.92. The van der Waals surface area contributed by atoms with E-state index in [0.717, 1.165) is 19.5 Å². The smallest absolute Gasteiger partial charge is 0.111 e. The van der Waals surface area contributed by atoms with Gasteiger partial charge in [0.1, 0.15) is 5.82 Å². The van der Waals surface area contributed by atoms with Crippen molar-refractivity contribution >= 4 is 0 Å². The van der Waals surface area contributed by atoms with E-state index < -0.39 is 0 Å². The van der Waals surface area contributed by atoms with Gasteiger partial charge in [-0.1, -0.05) is 20.8 Å². The molecule has 1 aromatic heterocycles. The largest absolute Gasteiger partial charge is 0.335 e. The summed E-state index contributed by atoms with van der Waals surface area (Å²) in [5.41, 5.74) is 2.75. The molecule has 0 unspecified atom stereocenters.